The molecule has 1 aliphatic rings. The van der Waals surface area contributed by atoms with E-state index in [2.05, 4.69) is 9.97 Å². The molecule has 1 fully saturated rings. The van der Waals surface area contributed by atoms with Gasteiger partial charge < -0.3 is 4.74 Å². The predicted molar refractivity (Wildman–Crippen MR) is 71.8 cm³/mol. The van der Waals surface area contributed by atoms with Gasteiger partial charge in [-0.2, -0.15) is 0 Å². The first-order valence-corrected chi connectivity index (χ1v) is 6.52. The lowest BCUT2D eigenvalue weighted by atomic mass is 10.00. The Kier molecular flexibility index (Phi) is 3.05. The highest BCUT2D eigenvalue weighted by Gasteiger charge is 2.57. The number of ether oxygens (including phenoxy) is 1. The average Bonchev–Trinajstić information content (AvgIpc) is 2.73. The Hall–Kier alpha value is -1.82. The molecule has 0 unspecified atom stereocenters. The summed E-state index contributed by atoms with van der Waals surface area (Å²) < 4.78 is 5.93. The maximum Gasteiger partial charge on any atom is 0.233 e. The lowest BCUT2D eigenvalue weighted by molar-refractivity contribution is -0.283. The van der Waals surface area contributed by atoms with Crippen LogP contribution in [0.3, 0.4) is 0 Å². The topological polar surface area (TPSA) is 58.2 Å². The second kappa shape index (κ2) is 4.63. The second-order valence-electron chi connectivity index (χ2n) is 5.47. The van der Waals surface area contributed by atoms with Gasteiger partial charge in [0.1, 0.15) is 0 Å². The standard InChI is InChI=1S/C15H16N3O2/c1-14(2)11-20-15(18(14)19,12-7-3-5-9-16-12)13-8-4-6-10-17-13/h3-10H,11H2,1-2H3. The number of hydrogen-bond donors (Lipinski definition) is 0. The molecule has 103 valence electrons. The third kappa shape index (κ3) is 1.83. The summed E-state index contributed by atoms with van der Waals surface area (Å²) in [5, 5.41) is 13.8. The van der Waals surface area contributed by atoms with Crippen molar-refractivity contribution in [1.82, 2.24) is 15.0 Å². The van der Waals surface area contributed by atoms with Crippen LogP contribution in [0.15, 0.2) is 48.8 Å². The first-order valence-electron chi connectivity index (χ1n) is 6.52. The molecule has 1 saturated heterocycles. The molecule has 0 spiro atoms. The molecule has 5 nitrogen and oxygen atoms in total. The van der Waals surface area contributed by atoms with E-state index in [-0.39, 0.29) is 0 Å². The Bertz CT molecular complexity index is 547. The number of hydrogen-bond acceptors (Lipinski definition) is 4. The van der Waals surface area contributed by atoms with Gasteiger partial charge in [0.15, 0.2) is 0 Å². The molecule has 0 N–H and O–H groups in total. The van der Waals surface area contributed by atoms with E-state index in [0.717, 1.165) is 5.06 Å². The van der Waals surface area contributed by atoms with Crippen LogP contribution in [0, 0.1) is 0 Å². The zero-order valence-electron chi connectivity index (χ0n) is 11.5. The number of nitrogens with zero attached hydrogens (tertiary/aromatic N) is 3. The highest BCUT2D eigenvalue weighted by molar-refractivity contribution is 5.28. The van der Waals surface area contributed by atoms with Crippen molar-refractivity contribution in [2.45, 2.75) is 25.1 Å². The molecule has 0 saturated carbocycles. The van der Waals surface area contributed by atoms with Gasteiger partial charge in [-0.25, -0.2) is 0 Å². The summed E-state index contributed by atoms with van der Waals surface area (Å²) in [6.07, 6.45) is 3.31. The highest BCUT2D eigenvalue weighted by Crippen LogP contribution is 2.44. The fourth-order valence-corrected chi connectivity index (χ4v) is 2.44. The zero-order chi connectivity index (χ0) is 14.2. The van der Waals surface area contributed by atoms with Crippen molar-refractivity contribution < 1.29 is 9.94 Å². The summed E-state index contributed by atoms with van der Waals surface area (Å²) in [6, 6.07) is 10.9. The molecule has 1 radical (unpaired) electrons. The molecule has 0 bridgehead atoms. The minimum atomic E-state index is -1.27. The molecule has 2 aromatic heterocycles. The normalized spacial score (nSPS) is 20.9. The number of hydroxylamine groups is 2. The van der Waals surface area contributed by atoms with Crippen LogP contribution in [-0.2, 0) is 15.7 Å². The number of rotatable bonds is 2. The smallest absolute Gasteiger partial charge is 0.233 e. The summed E-state index contributed by atoms with van der Waals surface area (Å²) in [5.41, 5.74) is -0.792. The van der Waals surface area contributed by atoms with Gasteiger partial charge in [0.25, 0.3) is 0 Å². The Morgan fingerprint density at radius 3 is 1.95 bits per heavy atom. The molecular formula is C15H16N3O2. The van der Waals surface area contributed by atoms with E-state index in [1.165, 1.54) is 0 Å². The fourth-order valence-electron chi connectivity index (χ4n) is 2.44. The Morgan fingerprint density at radius 2 is 1.60 bits per heavy atom. The van der Waals surface area contributed by atoms with Crippen LogP contribution >= 0.6 is 0 Å². The van der Waals surface area contributed by atoms with Crippen LogP contribution in [0.25, 0.3) is 0 Å². The first-order chi connectivity index (χ1) is 9.57. The summed E-state index contributed by atoms with van der Waals surface area (Å²) in [4.78, 5) is 8.64. The van der Waals surface area contributed by atoms with Crippen LogP contribution < -0.4 is 0 Å². The third-order valence-corrected chi connectivity index (χ3v) is 3.49. The van der Waals surface area contributed by atoms with Crippen LogP contribution in [0.5, 0.6) is 0 Å². The van der Waals surface area contributed by atoms with E-state index < -0.39 is 11.3 Å². The van der Waals surface area contributed by atoms with E-state index in [0.29, 0.717) is 18.0 Å². The molecule has 5 heteroatoms. The van der Waals surface area contributed by atoms with Crippen molar-refractivity contribution in [3.63, 3.8) is 0 Å². The van der Waals surface area contributed by atoms with Crippen molar-refractivity contribution in [2.24, 2.45) is 0 Å². The maximum absolute atomic E-state index is 12.9. The first kappa shape index (κ1) is 13.2. The van der Waals surface area contributed by atoms with Gasteiger partial charge in [0, 0.05) is 12.4 Å². The number of pyridine rings is 2. The maximum atomic E-state index is 12.9. The molecule has 3 rings (SSSR count). The van der Waals surface area contributed by atoms with Crippen molar-refractivity contribution in [3.05, 3.63) is 60.2 Å². The largest absolute Gasteiger partial charge is 0.345 e. The fraction of sp³-hybridized carbons (Fsp3) is 0.333. The third-order valence-electron chi connectivity index (χ3n) is 3.49. The van der Waals surface area contributed by atoms with Crippen LogP contribution in [0.2, 0.25) is 0 Å². The molecule has 3 heterocycles. The zero-order valence-corrected chi connectivity index (χ0v) is 11.5. The van der Waals surface area contributed by atoms with Crippen molar-refractivity contribution in [3.8, 4) is 0 Å². The Morgan fingerprint density at radius 1 is 1.05 bits per heavy atom. The van der Waals surface area contributed by atoms with E-state index in [9.17, 15) is 5.21 Å². The monoisotopic (exact) mass is 270 g/mol. The minimum absolute atomic E-state index is 0.323. The van der Waals surface area contributed by atoms with Crippen LogP contribution in [0.4, 0.5) is 0 Å². The lowest BCUT2D eigenvalue weighted by Crippen LogP contribution is -2.48. The van der Waals surface area contributed by atoms with Gasteiger partial charge in [-0.1, -0.05) is 12.1 Å². The molecule has 1 aliphatic heterocycles. The molecule has 20 heavy (non-hydrogen) atoms. The second-order valence-corrected chi connectivity index (χ2v) is 5.47. The lowest BCUT2D eigenvalue weighted by Gasteiger charge is -2.34. The number of aromatic nitrogens is 2. The predicted octanol–water partition coefficient (Wildman–Crippen LogP) is 2.13. The Balaban J connectivity index is 2.20. The SMILES string of the molecule is CC1(C)COC(c2ccccn2)(c2ccccn2)N1[O]. The summed E-state index contributed by atoms with van der Waals surface area (Å²) >= 11 is 0. The van der Waals surface area contributed by atoms with Crippen LogP contribution in [0.1, 0.15) is 25.2 Å². The van der Waals surface area contributed by atoms with Gasteiger partial charge >= 0.3 is 0 Å². The molecule has 0 amide bonds. The van der Waals surface area contributed by atoms with E-state index in [1.54, 1.807) is 24.5 Å². The van der Waals surface area contributed by atoms with Gasteiger partial charge in [0.2, 0.25) is 5.72 Å². The van der Waals surface area contributed by atoms with Crippen molar-refractivity contribution in [1.29, 1.82) is 0 Å². The van der Waals surface area contributed by atoms with Gasteiger partial charge in [0.05, 0.1) is 23.5 Å². The van der Waals surface area contributed by atoms with E-state index in [1.807, 2.05) is 38.1 Å². The van der Waals surface area contributed by atoms with Crippen LogP contribution in [-0.4, -0.2) is 27.2 Å². The Labute approximate surface area is 117 Å². The summed E-state index contributed by atoms with van der Waals surface area (Å²) in [7, 11) is 0. The van der Waals surface area contributed by atoms with Gasteiger partial charge in [-0.15, -0.1) is 10.3 Å². The summed E-state index contributed by atoms with van der Waals surface area (Å²) in [5.74, 6) is 0. The van der Waals surface area contributed by atoms with Crippen molar-refractivity contribution >= 4 is 0 Å². The summed E-state index contributed by atoms with van der Waals surface area (Å²) in [6.45, 7) is 4.03. The minimum Gasteiger partial charge on any atom is -0.345 e. The molecule has 2 aromatic rings. The molecule has 0 aromatic carbocycles. The molecule has 0 atom stereocenters. The van der Waals surface area contributed by atoms with Gasteiger partial charge in [-0.3, -0.25) is 9.97 Å². The highest BCUT2D eigenvalue weighted by atomic mass is 16.6. The molecule has 0 aliphatic carbocycles. The van der Waals surface area contributed by atoms with E-state index in [4.69, 9.17) is 4.74 Å². The average molecular weight is 270 g/mol. The van der Waals surface area contributed by atoms with Crippen molar-refractivity contribution in [2.75, 3.05) is 6.61 Å². The molecular weight excluding hydrogens is 254 g/mol. The van der Waals surface area contributed by atoms with Gasteiger partial charge in [-0.05, 0) is 38.1 Å². The quantitative estimate of drug-likeness (QED) is 0.839. The van der Waals surface area contributed by atoms with E-state index >= 15 is 0 Å².